The number of aromatic nitrogens is 1. The number of benzene rings is 1. The van der Waals surface area contributed by atoms with E-state index in [4.69, 9.17) is 11.6 Å². The molecule has 1 N–H and O–H groups in total. The van der Waals surface area contributed by atoms with Gasteiger partial charge in [-0.25, -0.2) is 0 Å². The molecule has 3 heterocycles. The van der Waals surface area contributed by atoms with Crippen molar-refractivity contribution in [3.63, 3.8) is 0 Å². The van der Waals surface area contributed by atoms with Crippen molar-refractivity contribution in [2.24, 2.45) is 0 Å². The Labute approximate surface area is 171 Å². The van der Waals surface area contributed by atoms with Crippen molar-refractivity contribution in [2.75, 3.05) is 0 Å². The van der Waals surface area contributed by atoms with Crippen LogP contribution in [0.4, 0.5) is 0 Å². The third-order valence-electron chi connectivity index (χ3n) is 4.52. The van der Waals surface area contributed by atoms with Crippen LogP contribution in [0.5, 0.6) is 0 Å². The van der Waals surface area contributed by atoms with Crippen LogP contribution < -0.4 is 0 Å². The predicted octanol–water partition coefficient (Wildman–Crippen LogP) is 6.39. The predicted molar refractivity (Wildman–Crippen MR) is 115 cm³/mol. The van der Waals surface area contributed by atoms with Gasteiger partial charge in [-0.05, 0) is 48.1 Å². The Morgan fingerprint density at radius 1 is 1.00 bits per heavy atom. The van der Waals surface area contributed by atoms with E-state index in [0.717, 1.165) is 34.6 Å². The van der Waals surface area contributed by atoms with Gasteiger partial charge in [-0.1, -0.05) is 35.9 Å². The fourth-order valence-electron chi connectivity index (χ4n) is 3.14. The first-order valence-electron chi connectivity index (χ1n) is 8.69. The maximum atomic E-state index is 11.1. The maximum absolute atomic E-state index is 11.1. The first-order chi connectivity index (χ1) is 13.2. The third-order valence-corrected chi connectivity index (χ3v) is 6.74. The molecule has 4 rings (SSSR count). The number of pyridine rings is 1. The molecular formula is C22H18ClNOS2. The minimum atomic E-state index is -0.678. The lowest BCUT2D eigenvalue weighted by atomic mass is 9.96. The molecule has 3 aromatic heterocycles. The smallest absolute Gasteiger partial charge is 0.107 e. The van der Waals surface area contributed by atoms with Crippen molar-refractivity contribution in [3.8, 4) is 10.4 Å². The number of aryl methyl sites for hydroxylation is 2. The van der Waals surface area contributed by atoms with Gasteiger partial charge in [-0.2, -0.15) is 0 Å². The van der Waals surface area contributed by atoms with Crippen LogP contribution in [0.1, 0.15) is 27.7 Å². The van der Waals surface area contributed by atoms with Gasteiger partial charge in [-0.3, -0.25) is 4.98 Å². The Morgan fingerprint density at radius 3 is 2.56 bits per heavy atom. The summed E-state index contributed by atoms with van der Waals surface area (Å²) < 4.78 is 0. The summed E-state index contributed by atoms with van der Waals surface area (Å²) in [5.74, 6) is 0. The SMILES string of the molecule is OC(c1cccnc1)c1c(-c2cccs2)csc1CCc1ccc(Cl)cc1. The lowest BCUT2D eigenvalue weighted by molar-refractivity contribution is 0.220. The van der Waals surface area contributed by atoms with Crippen LogP contribution >= 0.6 is 34.3 Å². The minimum Gasteiger partial charge on any atom is -0.384 e. The van der Waals surface area contributed by atoms with Gasteiger partial charge < -0.3 is 5.11 Å². The van der Waals surface area contributed by atoms with E-state index >= 15 is 0 Å². The second-order valence-electron chi connectivity index (χ2n) is 6.28. The third kappa shape index (κ3) is 4.14. The standard InChI is InChI=1S/C22H18ClNOS2/c23-17-8-5-15(6-9-17)7-10-20-21(22(25)16-3-1-11-24-13-16)18(14-27-20)19-4-2-12-26-19/h1-6,8-9,11-14,22,25H,7,10H2. The molecule has 0 fully saturated rings. The van der Waals surface area contributed by atoms with Crippen LogP contribution in [0.2, 0.25) is 5.02 Å². The highest BCUT2D eigenvalue weighted by atomic mass is 35.5. The molecule has 1 unspecified atom stereocenters. The normalized spacial score (nSPS) is 12.2. The van der Waals surface area contributed by atoms with E-state index in [1.807, 2.05) is 30.3 Å². The van der Waals surface area contributed by atoms with Gasteiger partial charge in [0.25, 0.3) is 0 Å². The Bertz CT molecular complexity index is 995. The van der Waals surface area contributed by atoms with E-state index in [9.17, 15) is 5.11 Å². The van der Waals surface area contributed by atoms with Crippen LogP contribution in [-0.2, 0) is 12.8 Å². The summed E-state index contributed by atoms with van der Waals surface area (Å²) >= 11 is 9.41. The summed E-state index contributed by atoms with van der Waals surface area (Å²) in [7, 11) is 0. The van der Waals surface area contributed by atoms with Gasteiger partial charge in [0.2, 0.25) is 0 Å². The molecule has 5 heteroatoms. The molecule has 1 aromatic carbocycles. The van der Waals surface area contributed by atoms with Crippen LogP contribution in [-0.4, -0.2) is 10.1 Å². The molecular weight excluding hydrogens is 394 g/mol. The highest BCUT2D eigenvalue weighted by molar-refractivity contribution is 7.14. The molecule has 0 aliphatic carbocycles. The summed E-state index contributed by atoms with van der Waals surface area (Å²) in [6, 6.07) is 15.9. The second kappa shape index (κ2) is 8.36. The molecule has 1 atom stereocenters. The van der Waals surface area contributed by atoms with Crippen LogP contribution in [0.15, 0.2) is 71.7 Å². The van der Waals surface area contributed by atoms with Crippen molar-refractivity contribution in [1.29, 1.82) is 0 Å². The van der Waals surface area contributed by atoms with Gasteiger partial charge >= 0.3 is 0 Å². The first kappa shape index (κ1) is 18.4. The van der Waals surface area contributed by atoms with Crippen molar-refractivity contribution in [3.05, 3.63) is 98.3 Å². The minimum absolute atomic E-state index is 0.678. The van der Waals surface area contributed by atoms with Gasteiger partial charge in [0.1, 0.15) is 6.10 Å². The van der Waals surface area contributed by atoms with Crippen LogP contribution in [0, 0.1) is 0 Å². The number of hydrogen-bond donors (Lipinski definition) is 1. The maximum Gasteiger partial charge on any atom is 0.107 e. The zero-order valence-corrected chi connectivity index (χ0v) is 16.9. The fraction of sp³-hybridized carbons (Fsp3) is 0.136. The molecule has 0 amide bonds. The van der Waals surface area contributed by atoms with Crippen LogP contribution in [0.3, 0.4) is 0 Å². The average molecular weight is 412 g/mol. The van der Waals surface area contributed by atoms with E-state index in [0.29, 0.717) is 0 Å². The Hall–Kier alpha value is -1.98. The molecule has 136 valence electrons. The lowest BCUT2D eigenvalue weighted by Crippen LogP contribution is -2.04. The molecule has 0 aliphatic rings. The summed E-state index contributed by atoms with van der Waals surface area (Å²) in [6.45, 7) is 0. The van der Waals surface area contributed by atoms with E-state index in [1.165, 1.54) is 15.3 Å². The highest BCUT2D eigenvalue weighted by Crippen LogP contribution is 2.40. The molecule has 0 spiro atoms. The zero-order chi connectivity index (χ0) is 18.6. The van der Waals surface area contributed by atoms with Gasteiger partial charge in [0, 0.05) is 49.2 Å². The van der Waals surface area contributed by atoms with Gasteiger partial charge in [0.05, 0.1) is 0 Å². The van der Waals surface area contributed by atoms with E-state index in [2.05, 4.69) is 33.9 Å². The zero-order valence-electron chi connectivity index (χ0n) is 14.5. The summed E-state index contributed by atoms with van der Waals surface area (Å²) in [6.07, 6.45) is 4.58. The summed E-state index contributed by atoms with van der Waals surface area (Å²) in [4.78, 5) is 6.57. The van der Waals surface area contributed by atoms with Crippen molar-refractivity contribution >= 4 is 34.3 Å². The number of nitrogens with zero attached hydrogens (tertiary/aromatic N) is 1. The molecule has 0 saturated heterocycles. The topological polar surface area (TPSA) is 33.1 Å². The quantitative estimate of drug-likeness (QED) is 0.398. The number of halogens is 1. The highest BCUT2D eigenvalue weighted by Gasteiger charge is 2.22. The Kier molecular flexibility index (Phi) is 5.69. The fourth-order valence-corrected chi connectivity index (χ4v) is 5.18. The van der Waals surface area contributed by atoms with E-state index < -0.39 is 6.10 Å². The monoisotopic (exact) mass is 411 g/mol. The van der Waals surface area contributed by atoms with Crippen LogP contribution in [0.25, 0.3) is 10.4 Å². The molecule has 2 nitrogen and oxygen atoms in total. The van der Waals surface area contributed by atoms with Crippen molar-refractivity contribution in [2.45, 2.75) is 18.9 Å². The van der Waals surface area contributed by atoms with E-state index in [1.54, 1.807) is 35.1 Å². The number of hydrogen-bond acceptors (Lipinski definition) is 4. The molecule has 0 bridgehead atoms. The Balaban J connectivity index is 1.67. The molecule has 0 saturated carbocycles. The van der Waals surface area contributed by atoms with Gasteiger partial charge in [0.15, 0.2) is 0 Å². The lowest BCUT2D eigenvalue weighted by Gasteiger charge is -2.15. The van der Waals surface area contributed by atoms with Gasteiger partial charge in [-0.15, -0.1) is 22.7 Å². The van der Waals surface area contributed by atoms with Crippen molar-refractivity contribution < 1.29 is 5.11 Å². The number of rotatable bonds is 6. The molecule has 0 aliphatic heterocycles. The molecule has 4 aromatic rings. The molecule has 0 radical (unpaired) electrons. The first-order valence-corrected chi connectivity index (χ1v) is 10.8. The summed E-state index contributed by atoms with van der Waals surface area (Å²) in [5, 5.41) is 16.1. The number of aliphatic hydroxyl groups excluding tert-OH is 1. The largest absolute Gasteiger partial charge is 0.384 e. The molecule has 27 heavy (non-hydrogen) atoms. The Morgan fingerprint density at radius 2 is 1.85 bits per heavy atom. The number of thiophene rings is 2. The van der Waals surface area contributed by atoms with Crippen molar-refractivity contribution in [1.82, 2.24) is 4.98 Å². The second-order valence-corrected chi connectivity index (χ2v) is 8.63. The van der Waals surface area contributed by atoms with E-state index in [-0.39, 0.29) is 0 Å². The number of aliphatic hydroxyl groups is 1. The average Bonchev–Trinajstić information content (AvgIpc) is 3.37. The summed E-state index contributed by atoms with van der Waals surface area (Å²) in [5.41, 5.74) is 4.19.